The van der Waals surface area contributed by atoms with Gasteiger partial charge in [-0.15, -0.1) is 0 Å². The first-order valence-corrected chi connectivity index (χ1v) is 9.62. The first kappa shape index (κ1) is 19.9. The predicted octanol–water partition coefficient (Wildman–Crippen LogP) is 2.77. The largest absolute Gasteiger partial charge is 0.351 e. The number of hydrogen-bond acceptors (Lipinski definition) is 5. The summed E-state index contributed by atoms with van der Waals surface area (Å²) in [5.41, 5.74) is 6.04. The number of hydrogen-bond donors (Lipinski definition) is 2. The molecule has 0 unspecified atom stereocenters. The number of carbonyl (C=O) groups is 2. The number of nitrogens with two attached hydrogens (primary N) is 1. The van der Waals surface area contributed by atoms with E-state index in [2.05, 4.69) is 4.98 Å². The van der Waals surface area contributed by atoms with Crippen molar-refractivity contribution in [3.8, 4) is 0 Å². The lowest BCUT2D eigenvalue weighted by atomic mass is 10.2. The summed E-state index contributed by atoms with van der Waals surface area (Å²) in [6.07, 6.45) is 0. The number of nitrogens with one attached hydrogen (secondary N) is 1. The summed E-state index contributed by atoms with van der Waals surface area (Å²) in [7, 11) is 0. The highest BCUT2D eigenvalue weighted by Crippen LogP contribution is 2.24. The molecule has 1 heterocycles. The molecule has 7 nitrogen and oxygen atoms in total. The van der Waals surface area contributed by atoms with Crippen LogP contribution in [-0.4, -0.2) is 26.7 Å². The lowest BCUT2D eigenvalue weighted by Crippen LogP contribution is -2.39. The van der Waals surface area contributed by atoms with Gasteiger partial charge >= 0.3 is 6.03 Å². The number of imide groups is 1. The van der Waals surface area contributed by atoms with E-state index < -0.39 is 17.2 Å². The number of rotatable bonds is 5. The highest BCUT2D eigenvalue weighted by molar-refractivity contribution is 8.00. The third kappa shape index (κ3) is 4.35. The third-order valence-corrected chi connectivity index (χ3v) is 5.47. The van der Waals surface area contributed by atoms with Gasteiger partial charge < -0.3 is 5.73 Å². The standard InChI is InChI=1S/C19H17ClN4O3S/c1-11(16(25)23-18(21)27)28-19-22-15-9-5-3-7-13(15)17(26)24(19)10-12-6-2-4-8-14(12)20/h2-9,11H,10H2,1H3,(H3,21,23,25,27)/t11-/m1/s1. The Bertz CT molecular complexity index is 1120. The Morgan fingerprint density at radius 2 is 1.89 bits per heavy atom. The maximum Gasteiger partial charge on any atom is 0.318 e. The zero-order valence-electron chi connectivity index (χ0n) is 14.9. The monoisotopic (exact) mass is 416 g/mol. The van der Waals surface area contributed by atoms with Gasteiger partial charge in [-0.2, -0.15) is 0 Å². The summed E-state index contributed by atoms with van der Waals surface area (Å²) >= 11 is 7.32. The molecule has 0 aliphatic heterocycles. The van der Waals surface area contributed by atoms with Crippen LogP contribution in [0.5, 0.6) is 0 Å². The molecule has 9 heteroatoms. The van der Waals surface area contributed by atoms with E-state index >= 15 is 0 Å². The molecular weight excluding hydrogens is 400 g/mol. The summed E-state index contributed by atoms with van der Waals surface area (Å²) in [6.45, 7) is 1.80. The molecule has 3 rings (SSSR count). The number of thioether (sulfide) groups is 1. The van der Waals surface area contributed by atoms with E-state index in [1.165, 1.54) is 4.57 Å². The number of aromatic nitrogens is 2. The summed E-state index contributed by atoms with van der Waals surface area (Å²) in [5, 5.41) is 2.67. The molecule has 3 amide bonds. The molecule has 1 atom stereocenters. The van der Waals surface area contributed by atoms with Gasteiger partial charge in [-0.25, -0.2) is 9.78 Å². The Balaban J connectivity index is 2.06. The second kappa shape index (κ2) is 8.45. The van der Waals surface area contributed by atoms with E-state index in [0.29, 0.717) is 21.1 Å². The summed E-state index contributed by atoms with van der Waals surface area (Å²) in [6, 6.07) is 13.2. The number of primary amides is 1. The zero-order valence-corrected chi connectivity index (χ0v) is 16.5. The zero-order chi connectivity index (χ0) is 20.3. The van der Waals surface area contributed by atoms with Gasteiger partial charge in [-0.1, -0.05) is 53.7 Å². The normalized spacial score (nSPS) is 11.9. The molecule has 2 aromatic carbocycles. The second-order valence-corrected chi connectivity index (χ2v) is 7.72. The number of nitrogens with zero attached hydrogens (tertiary/aromatic N) is 2. The number of para-hydroxylation sites is 1. The minimum absolute atomic E-state index is 0.197. The van der Waals surface area contributed by atoms with Crippen molar-refractivity contribution in [1.82, 2.24) is 14.9 Å². The molecule has 1 aromatic heterocycles. The molecule has 28 heavy (non-hydrogen) atoms. The first-order chi connectivity index (χ1) is 13.4. The highest BCUT2D eigenvalue weighted by Gasteiger charge is 2.20. The SMILES string of the molecule is C[C@@H](Sc1nc2ccccc2c(=O)n1Cc1ccccc1Cl)C(=O)NC(N)=O. The van der Waals surface area contributed by atoms with Crippen molar-refractivity contribution in [2.24, 2.45) is 5.73 Å². The molecule has 3 N–H and O–H groups in total. The number of urea groups is 1. The molecule has 0 bridgehead atoms. The third-order valence-electron chi connectivity index (χ3n) is 4.01. The molecule has 0 fully saturated rings. The van der Waals surface area contributed by atoms with Gasteiger partial charge in [0, 0.05) is 5.02 Å². The van der Waals surface area contributed by atoms with Crippen molar-refractivity contribution in [2.45, 2.75) is 23.9 Å². The highest BCUT2D eigenvalue weighted by atomic mass is 35.5. The summed E-state index contributed by atoms with van der Waals surface area (Å²) in [5.74, 6) is -0.566. The Kier molecular flexibility index (Phi) is 6.01. The van der Waals surface area contributed by atoms with Crippen LogP contribution in [0.15, 0.2) is 58.5 Å². The topological polar surface area (TPSA) is 107 Å². The maximum atomic E-state index is 13.1. The van der Waals surface area contributed by atoms with Crippen molar-refractivity contribution in [3.05, 3.63) is 69.5 Å². The van der Waals surface area contributed by atoms with Crippen LogP contribution in [0.2, 0.25) is 5.02 Å². The Hall–Kier alpha value is -2.84. The average molecular weight is 417 g/mol. The summed E-state index contributed by atoms with van der Waals surface area (Å²) in [4.78, 5) is 40.6. The Morgan fingerprint density at radius 1 is 1.21 bits per heavy atom. The van der Waals surface area contributed by atoms with E-state index in [1.54, 1.807) is 43.3 Å². The van der Waals surface area contributed by atoms with E-state index in [0.717, 1.165) is 17.3 Å². The van der Waals surface area contributed by atoms with Crippen LogP contribution in [0.25, 0.3) is 10.9 Å². The number of benzene rings is 2. The van der Waals surface area contributed by atoms with Crippen LogP contribution in [-0.2, 0) is 11.3 Å². The Labute approximate surface area is 169 Å². The molecule has 144 valence electrons. The van der Waals surface area contributed by atoms with Gasteiger partial charge in [0.05, 0.1) is 22.7 Å². The molecular formula is C19H17ClN4O3S. The average Bonchev–Trinajstić information content (AvgIpc) is 2.65. The number of carbonyl (C=O) groups excluding carboxylic acids is 2. The lowest BCUT2D eigenvalue weighted by molar-refractivity contribution is -0.119. The molecule has 0 aliphatic rings. The fourth-order valence-corrected chi connectivity index (χ4v) is 3.71. The maximum absolute atomic E-state index is 13.1. The van der Waals surface area contributed by atoms with Crippen LogP contribution in [0.1, 0.15) is 12.5 Å². The van der Waals surface area contributed by atoms with Crippen molar-refractivity contribution < 1.29 is 9.59 Å². The molecule has 0 saturated carbocycles. The number of halogens is 1. The number of fused-ring (bicyclic) bond motifs is 1. The van der Waals surface area contributed by atoms with Gasteiger partial charge in [0.1, 0.15) is 0 Å². The second-order valence-electron chi connectivity index (χ2n) is 6.01. The van der Waals surface area contributed by atoms with E-state index in [-0.39, 0.29) is 12.1 Å². The fraction of sp³-hybridized carbons (Fsp3) is 0.158. The van der Waals surface area contributed by atoms with Crippen molar-refractivity contribution in [1.29, 1.82) is 0 Å². The summed E-state index contributed by atoms with van der Waals surface area (Å²) < 4.78 is 1.47. The smallest absolute Gasteiger partial charge is 0.318 e. The van der Waals surface area contributed by atoms with E-state index in [4.69, 9.17) is 17.3 Å². The minimum atomic E-state index is -0.933. The lowest BCUT2D eigenvalue weighted by Gasteiger charge is -2.16. The van der Waals surface area contributed by atoms with Crippen LogP contribution < -0.4 is 16.6 Å². The molecule has 0 spiro atoms. The van der Waals surface area contributed by atoms with E-state index in [1.807, 2.05) is 17.4 Å². The van der Waals surface area contributed by atoms with Crippen LogP contribution >= 0.6 is 23.4 Å². The van der Waals surface area contributed by atoms with Gasteiger partial charge in [0.25, 0.3) is 5.56 Å². The number of amides is 3. The van der Waals surface area contributed by atoms with Gasteiger partial charge in [-0.05, 0) is 30.7 Å². The first-order valence-electron chi connectivity index (χ1n) is 8.36. The van der Waals surface area contributed by atoms with Crippen LogP contribution in [0, 0.1) is 0 Å². The van der Waals surface area contributed by atoms with Crippen molar-refractivity contribution in [3.63, 3.8) is 0 Å². The van der Waals surface area contributed by atoms with Crippen LogP contribution in [0.3, 0.4) is 0 Å². The van der Waals surface area contributed by atoms with Gasteiger partial charge in [0.2, 0.25) is 5.91 Å². The van der Waals surface area contributed by atoms with E-state index in [9.17, 15) is 14.4 Å². The molecule has 3 aromatic rings. The van der Waals surface area contributed by atoms with Gasteiger partial charge in [-0.3, -0.25) is 19.5 Å². The van der Waals surface area contributed by atoms with Gasteiger partial charge in [0.15, 0.2) is 5.16 Å². The quantitative estimate of drug-likeness (QED) is 0.491. The van der Waals surface area contributed by atoms with Crippen molar-refractivity contribution >= 4 is 46.2 Å². The Morgan fingerprint density at radius 3 is 2.61 bits per heavy atom. The molecule has 0 radical (unpaired) electrons. The predicted molar refractivity (Wildman–Crippen MR) is 110 cm³/mol. The minimum Gasteiger partial charge on any atom is -0.351 e. The molecule has 0 aliphatic carbocycles. The van der Waals surface area contributed by atoms with Crippen molar-refractivity contribution in [2.75, 3.05) is 0 Å². The molecule has 0 saturated heterocycles. The van der Waals surface area contributed by atoms with Crippen LogP contribution in [0.4, 0.5) is 4.79 Å². The fourth-order valence-electron chi connectivity index (χ4n) is 2.61.